The summed E-state index contributed by atoms with van der Waals surface area (Å²) in [6.45, 7) is 0.505. The highest BCUT2D eigenvalue weighted by molar-refractivity contribution is 9.10. The Morgan fingerprint density at radius 3 is 2.59 bits per heavy atom. The summed E-state index contributed by atoms with van der Waals surface area (Å²) in [5.41, 5.74) is 1.75. The average molecular weight is 451 g/mol. The van der Waals surface area contributed by atoms with Crippen molar-refractivity contribution in [1.29, 1.82) is 0 Å². The molecule has 0 fully saturated rings. The number of aromatic nitrogens is 2. The number of benzene rings is 2. The zero-order valence-electron chi connectivity index (χ0n) is 14.0. The Bertz CT molecular complexity index is 937. The summed E-state index contributed by atoms with van der Waals surface area (Å²) in [6.07, 6.45) is 0. The number of amides is 1. The number of nitrogens with one attached hydrogen (secondary N) is 1. The van der Waals surface area contributed by atoms with Crippen LogP contribution >= 0.6 is 27.5 Å². The van der Waals surface area contributed by atoms with Gasteiger partial charge in [0.1, 0.15) is 12.4 Å². The maximum atomic E-state index is 13.0. The van der Waals surface area contributed by atoms with E-state index in [1.807, 2.05) is 0 Å². The molecular weight excluding hydrogens is 437 g/mol. The molecule has 3 aromatic rings. The van der Waals surface area contributed by atoms with Crippen LogP contribution in [0.25, 0.3) is 11.3 Å². The zero-order valence-corrected chi connectivity index (χ0v) is 16.3. The number of halogens is 3. The molecule has 0 aliphatic carbocycles. The fourth-order valence-corrected chi connectivity index (χ4v) is 2.82. The van der Waals surface area contributed by atoms with Gasteiger partial charge in [0.15, 0.2) is 0 Å². The van der Waals surface area contributed by atoms with Crippen molar-refractivity contribution in [2.24, 2.45) is 0 Å². The molecule has 0 bridgehead atoms. The van der Waals surface area contributed by atoms with Crippen LogP contribution in [0.15, 0.2) is 59.1 Å². The van der Waals surface area contributed by atoms with E-state index in [1.165, 1.54) is 12.1 Å². The first-order valence-electron chi connectivity index (χ1n) is 7.98. The van der Waals surface area contributed by atoms with Crippen LogP contribution in [-0.4, -0.2) is 29.3 Å². The minimum absolute atomic E-state index is 0.224. The standard InChI is InChI=1S/C19H14BrClFN3O2/c20-13-3-6-16(21)15(11-13)19(26)23-9-10-27-18-8-7-17(24-25-18)12-1-4-14(22)5-2-12/h1-8,11H,9-10H2,(H,23,26). The lowest BCUT2D eigenvalue weighted by molar-refractivity contribution is 0.0946. The molecule has 0 aliphatic rings. The Balaban J connectivity index is 1.50. The summed E-state index contributed by atoms with van der Waals surface area (Å²) in [6, 6.07) is 14.4. The van der Waals surface area contributed by atoms with Gasteiger partial charge in [0, 0.05) is 16.1 Å². The summed E-state index contributed by atoms with van der Waals surface area (Å²) < 4.78 is 19.2. The molecule has 3 rings (SSSR count). The van der Waals surface area contributed by atoms with Gasteiger partial charge in [-0.25, -0.2) is 4.39 Å². The van der Waals surface area contributed by atoms with Crippen LogP contribution in [0.5, 0.6) is 5.88 Å². The van der Waals surface area contributed by atoms with Gasteiger partial charge in [-0.3, -0.25) is 4.79 Å². The molecule has 5 nitrogen and oxygen atoms in total. The number of carbonyl (C=O) groups excluding carboxylic acids is 1. The summed E-state index contributed by atoms with van der Waals surface area (Å²) in [5, 5.41) is 11.1. The normalized spacial score (nSPS) is 10.5. The van der Waals surface area contributed by atoms with Crippen molar-refractivity contribution >= 4 is 33.4 Å². The number of rotatable bonds is 6. The van der Waals surface area contributed by atoms with Crippen molar-refractivity contribution in [2.45, 2.75) is 0 Å². The van der Waals surface area contributed by atoms with E-state index in [0.29, 0.717) is 22.2 Å². The molecule has 0 saturated carbocycles. The van der Waals surface area contributed by atoms with Crippen molar-refractivity contribution in [3.63, 3.8) is 0 Å². The Kier molecular flexibility index (Phi) is 6.36. The lowest BCUT2D eigenvalue weighted by Gasteiger charge is -2.08. The first kappa shape index (κ1) is 19.3. The SMILES string of the molecule is O=C(NCCOc1ccc(-c2ccc(F)cc2)nn1)c1cc(Br)ccc1Cl. The van der Waals surface area contributed by atoms with Crippen LogP contribution in [0.1, 0.15) is 10.4 Å². The fourth-order valence-electron chi connectivity index (χ4n) is 2.26. The van der Waals surface area contributed by atoms with E-state index in [2.05, 4.69) is 31.4 Å². The van der Waals surface area contributed by atoms with E-state index in [4.69, 9.17) is 16.3 Å². The zero-order chi connectivity index (χ0) is 19.2. The van der Waals surface area contributed by atoms with Crippen molar-refractivity contribution < 1.29 is 13.9 Å². The van der Waals surface area contributed by atoms with E-state index in [-0.39, 0.29) is 24.9 Å². The Morgan fingerprint density at radius 1 is 1.11 bits per heavy atom. The molecule has 138 valence electrons. The van der Waals surface area contributed by atoms with Crippen LogP contribution < -0.4 is 10.1 Å². The quantitative estimate of drug-likeness (QED) is 0.561. The monoisotopic (exact) mass is 449 g/mol. The van der Waals surface area contributed by atoms with Gasteiger partial charge in [0.05, 0.1) is 22.8 Å². The predicted octanol–water partition coefficient (Wildman–Crippen LogP) is 4.51. The highest BCUT2D eigenvalue weighted by Crippen LogP contribution is 2.21. The van der Waals surface area contributed by atoms with Crippen molar-refractivity contribution in [3.05, 3.63) is 75.5 Å². The van der Waals surface area contributed by atoms with Gasteiger partial charge in [0.2, 0.25) is 5.88 Å². The smallest absolute Gasteiger partial charge is 0.252 e. The second-order valence-corrected chi connectivity index (χ2v) is 6.82. The molecule has 0 aliphatic heterocycles. The highest BCUT2D eigenvalue weighted by atomic mass is 79.9. The molecule has 1 amide bonds. The van der Waals surface area contributed by atoms with Gasteiger partial charge in [-0.1, -0.05) is 27.5 Å². The van der Waals surface area contributed by atoms with E-state index < -0.39 is 0 Å². The van der Waals surface area contributed by atoms with Crippen molar-refractivity contribution in [1.82, 2.24) is 15.5 Å². The third-order valence-corrected chi connectivity index (χ3v) is 4.41. The predicted molar refractivity (Wildman–Crippen MR) is 104 cm³/mol. The Labute approximate surface area is 168 Å². The molecule has 8 heteroatoms. The van der Waals surface area contributed by atoms with Gasteiger partial charge in [-0.15, -0.1) is 10.2 Å². The molecule has 0 saturated heterocycles. The molecule has 1 N–H and O–H groups in total. The topological polar surface area (TPSA) is 64.1 Å². The summed E-state index contributed by atoms with van der Waals surface area (Å²) >= 11 is 9.33. The van der Waals surface area contributed by atoms with E-state index >= 15 is 0 Å². The minimum Gasteiger partial charge on any atom is -0.475 e. The minimum atomic E-state index is -0.308. The van der Waals surface area contributed by atoms with E-state index in [1.54, 1.807) is 42.5 Å². The summed E-state index contributed by atoms with van der Waals surface area (Å²) in [7, 11) is 0. The van der Waals surface area contributed by atoms with Crippen LogP contribution in [0.2, 0.25) is 5.02 Å². The van der Waals surface area contributed by atoms with Gasteiger partial charge in [0.25, 0.3) is 5.91 Å². The molecule has 27 heavy (non-hydrogen) atoms. The van der Waals surface area contributed by atoms with E-state index in [0.717, 1.165) is 10.0 Å². The largest absolute Gasteiger partial charge is 0.475 e. The number of ether oxygens (including phenoxy) is 1. The molecule has 0 spiro atoms. The van der Waals surface area contributed by atoms with Crippen molar-refractivity contribution in [3.8, 4) is 17.1 Å². The second-order valence-electron chi connectivity index (χ2n) is 5.49. The van der Waals surface area contributed by atoms with Crippen LogP contribution in [0.4, 0.5) is 4.39 Å². The molecule has 1 aromatic heterocycles. The fraction of sp³-hybridized carbons (Fsp3) is 0.105. The van der Waals surface area contributed by atoms with Gasteiger partial charge < -0.3 is 10.1 Å². The molecule has 2 aromatic carbocycles. The number of hydrogen-bond donors (Lipinski definition) is 1. The van der Waals surface area contributed by atoms with E-state index in [9.17, 15) is 9.18 Å². The first-order valence-corrected chi connectivity index (χ1v) is 9.16. The lowest BCUT2D eigenvalue weighted by Crippen LogP contribution is -2.28. The molecular formula is C19H14BrClFN3O2. The second kappa shape index (κ2) is 8.92. The highest BCUT2D eigenvalue weighted by Gasteiger charge is 2.10. The third kappa shape index (κ3) is 5.24. The number of hydrogen-bond acceptors (Lipinski definition) is 4. The lowest BCUT2D eigenvalue weighted by atomic mass is 10.1. The average Bonchev–Trinajstić information content (AvgIpc) is 2.68. The number of carbonyl (C=O) groups is 1. The van der Waals surface area contributed by atoms with Gasteiger partial charge in [-0.2, -0.15) is 0 Å². The van der Waals surface area contributed by atoms with Crippen LogP contribution in [-0.2, 0) is 0 Å². The Morgan fingerprint density at radius 2 is 1.89 bits per heavy atom. The van der Waals surface area contributed by atoms with Crippen LogP contribution in [0.3, 0.4) is 0 Å². The maximum absolute atomic E-state index is 13.0. The molecule has 0 atom stereocenters. The molecule has 0 radical (unpaired) electrons. The third-order valence-electron chi connectivity index (χ3n) is 3.59. The molecule has 1 heterocycles. The number of nitrogens with zero attached hydrogens (tertiary/aromatic N) is 2. The summed E-state index contributed by atoms with van der Waals surface area (Å²) in [4.78, 5) is 12.1. The Hall–Kier alpha value is -2.51. The van der Waals surface area contributed by atoms with Crippen molar-refractivity contribution in [2.75, 3.05) is 13.2 Å². The van der Waals surface area contributed by atoms with Crippen LogP contribution in [0, 0.1) is 5.82 Å². The first-order chi connectivity index (χ1) is 13.0. The molecule has 0 unspecified atom stereocenters. The maximum Gasteiger partial charge on any atom is 0.252 e. The summed E-state index contributed by atoms with van der Waals surface area (Å²) in [5.74, 6) is -0.268. The van der Waals surface area contributed by atoms with Gasteiger partial charge >= 0.3 is 0 Å². The van der Waals surface area contributed by atoms with Gasteiger partial charge in [-0.05, 0) is 48.5 Å².